The zero-order valence-electron chi connectivity index (χ0n) is 18.9. The minimum absolute atomic E-state index is 0.0647. The van der Waals surface area contributed by atoms with Crippen LogP contribution >= 0.6 is 0 Å². The van der Waals surface area contributed by atoms with E-state index in [1.54, 1.807) is 6.33 Å². The van der Waals surface area contributed by atoms with Crippen molar-refractivity contribution >= 4 is 11.7 Å². The van der Waals surface area contributed by atoms with Gasteiger partial charge >= 0.3 is 0 Å². The van der Waals surface area contributed by atoms with Crippen molar-refractivity contribution < 1.29 is 13.6 Å². The van der Waals surface area contributed by atoms with E-state index < -0.39 is 17.6 Å². The molecule has 1 saturated heterocycles. The van der Waals surface area contributed by atoms with Crippen LogP contribution in [0, 0.1) is 11.6 Å². The number of anilines is 1. The van der Waals surface area contributed by atoms with E-state index >= 15 is 0 Å². The van der Waals surface area contributed by atoms with Gasteiger partial charge in [0.1, 0.15) is 12.1 Å². The third-order valence-electron chi connectivity index (χ3n) is 6.52. The molecule has 32 heavy (non-hydrogen) atoms. The summed E-state index contributed by atoms with van der Waals surface area (Å²) in [5.74, 6) is -1.03. The fraction of sp³-hybridized carbons (Fsp3) is 0.542. The minimum Gasteiger partial charge on any atom is -0.353 e. The lowest BCUT2D eigenvalue weighted by Crippen LogP contribution is -2.51. The lowest BCUT2D eigenvalue weighted by atomic mass is 9.96. The molecule has 2 aliphatic rings. The van der Waals surface area contributed by atoms with Crippen molar-refractivity contribution in [3.05, 3.63) is 53.0 Å². The molecule has 0 spiro atoms. The second kappa shape index (κ2) is 9.48. The molecule has 6 nitrogen and oxygen atoms in total. The van der Waals surface area contributed by atoms with Crippen molar-refractivity contribution in [3.8, 4) is 0 Å². The lowest BCUT2D eigenvalue weighted by molar-refractivity contribution is -0.133. The van der Waals surface area contributed by atoms with E-state index in [9.17, 15) is 13.6 Å². The zero-order chi connectivity index (χ0) is 22.8. The van der Waals surface area contributed by atoms with Gasteiger partial charge < -0.3 is 15.1 Å². The summed E-state index contributed by atoms with van der Waals surface area (Å²) in [6, 6.07) is 3.91. The van der Waals surface area contributed by atoms with Crippen LogP contribution in [0.2, 0.25) is 0 Å². The molecule has 0 radical (unpaired) electrons. The van der Waals surface area contributed by atoms with Crippen LogP contribution in [-0.2, 0) is 11.2 Å². The SMILES string of the molecule is CC(C)NCC(C(=O)N1CCN(c2ncnc3c2[C@H](C)CC3)CC1)c1ccc(F)c(F)c1. The maximum absolute atomic E-state index is 13.9. The standard InChI is InChI=1S/C24H31F2N5O/c1-15(2)27-13-18(17-5-6-19(25)20(26)12-17)24(32)31-10-8-30(9-11-31)23-22-16(3)4-7-21(22)28-14-29-23/h5-6,12,14-16,18,27H,4,7-11,13H2,1-3H3/t16-,18?/m1/s1. The molecule has 1 amide bonds. The molecule has 1 aliphatic carbocycles. The molecule has 2 aromatic rings. The first-order valence-corrected chi connectivity index (χ1v) is 11.4. The fourth-order valence-electron chi connectivity index (χ4n) is 4.66. The first-order chi connectivity index (χ1) is 15.3. The predicted octanol–water partition coefficient (Wildman–Crippen LogP) is 3.23. The zero-order valence-corrected chi connectivity index (χ0v) is 18.9. The molecule has 0 bridgehead atoms. The van der Waals surface area contributed by atoms with Crippen LogP contribution in [0.25, 0.3) is 0 Å². The smallest absolute Gasteiger partial charge is 0.231 e. The number of piperazine rings is 1. The van der Waals surface area contributed by atoms with Crippen LogP contribution in [0.5, 0.6) is 0 Å². The minimum atomic E-state index is -0.929. The summed E-state index contributed by atoms with van der Waals surface area (Å²) in [7, 11) is 0. The number of carbonyl (C=O) groups excluding carboxylic acids is 1. The first kappa shape index (κ1) is 22.6. The Morgan fingerprint density at radius 1 is 1.16 bits per heavy atom. The van der Waals surface area contributed by atoms with Crippen LogP contribution in [0.4, 0.5) is 14.6 Å². The molecule has 172 valence electrons. The topological polar surface area (TPSA) is 61.4 Å². The molecule has 2 atom stereocenters. The Labute approximate surface area is 188 Å². The summed E-state index contributed by atoms with van der Waals surface area (Å²) in [6.45, 7) is 9.07. The van der Waals surface area contributed by atoms with Crippen LogP contribution in [0.1, 0.15) is 55.8 Å². The number of halogens is 2. The summed E-state index contributed by atoms with van der Waals surface area (Å²) >= 11 is 0. The largest absolute Gasteiger partial charge is 0.353 e. The van der Waals surface area contributed by atoms with Gasteiger partial charge in [-0.05, 0) is 36.5 Å². The second-order valence-corrected chi connectivity index (χ2v) is 9.10. The number of hydrogen-bond acceptors (Lipinski definition) is 5. The molecular formula is C24H31F2N5O. The van der Waals surface area contributed by atoms with Crippen molar-refractivity contribution in [2.75, 3.05) is 37.6 Å². The highest BCUT2D eigenvalue weighted by molar-refractivity contribution is 5.84. The van der Waals surface area contributed by atoms with Gasteiger partial charge in [0.05, 0.1) is 5.92 Å². The lowest BCUT2D eigenvalue weighted by Gasteiger charge is -2.38. The van der Waals surface area contributed by atoms with E-state index in [1.807, 2.05) is 18.7 Å². The number of nitrogens with zero attached hydrogens (tertiary/aromatic N) is 4. The molecule has 8 heteroatoms. The molecule has 0 saturated carbocycles. The molecule has 4 rings (SSSR count). The monoisotopic (exact) mass is 443 g/mol. The summed E-state index contributed by atoms with van der Waals surface area (Å²) in [5, 5.41) is 3.27. The third-order valence-corrected chi connectivity index (χ3v) is 6.52. The van der Waals surface area contributed by atoms with Gasteiger partial charge in [-0.25, -0.2) is 18.7 Å². The maximum atomic E-state index is 13.9. The normalized spacial score (nSPS) is 19.4. The highest BCUT2D eigenvalue weighted by Gasteiger charge is 2.32. The Kier molecular flexibility index (Phi) is 6.69. The molecule has 1 fully saturated rings. The summed E-state index contributed by atoms with van der Waals surface area (Å²) in [4.78, 5) is 26.5. The van der Waals surface area contributed by atoms with Gasteiger partial charge in [0.25, 0.3) is 0 Å². The fourth-order valence-corrected chi connectivity index (χ4v) is 4.66. The first-order valence-electron chi connectivity index (χ1n) is 11.4. The number of fused-ring (bicyclic) bond motifs is 1. The van der Waals surface area contributed by atoms with Crippen molar-refractivity contribution in [2.24, 2.45) is 0 Å². The molecule has 2 heterocycles. The van der Waals surface area contributed by atoms with Gasteiger partial charge in [-0.2, -0.15) is 0 Å². The average Bonchev–Trinajstić information content (AvgIpc) is 3.17. The van der Waals surface area contributed by atoms with Gasteiger partial charge in [-0.15, -0.1) is 0 Å². The molecule has 1 N–H and O–H groups in total. The predicted molar refractivity (Wildman–Crippen MR) is 120 cm³/mol. The number of aryl methyl sites for hydroxylation is 1. The highest BCUT2D eigenvalue weighted by atomic mass is 19.2. The average molecular weight is 444 g/mol. The Hall–Kier alpha value is -2.61. The Balaban J connectivity index is 1.48. The van der Waals surface area contributed by atoms with E-state index in [-0.39, 0.29) is 11.9 Å². The maximum Gasteiger partial charge on any atom is 0.231 e. The summed E-state index contributed by atoms with van der Waals surface area (Å²) in [5.41, 5.74) is 2.87. The number of amides is 1. The second-order valence-electron chi connectivity index (χ2n) is 9.10. The number of aromatic nitrogens is 2. The third kappa shape index (κ3) is 4.60. The molecular weight excluding hydrogens is 412 g/mol. The van der Waals surface area contributed by atoms with Crippen molar-refractivity contribution in [3.63, 3.8) is 0 Å². The number of carbonyl (C=O) groups is 1. The molecule has 1 aromatic heterocycles. The van der Waals surface area contributed by atoms with Crippen LogP contribution in [0.3, 0.4) is 0 Å². The highest BCUT2D eigenvalue weighted by Crippen LogP contribution is 2.37. The number of nitrogens with one attached hydrogen (secondary N) is 1. The van der Waals surface area contributed by atoms with Crippen molar-refractivity contribution in [1.29, 1.82) is 0 Å². The van der Waals surface area contributed by atoms with Gasteiger partial charge in [0, 0.05) is 50.0 Å². The van der Waals surface area contributed by atoms with Crippen LogP contribution < -0.4 is 10.2 Å². The van der Waals surface area contributed by atoms with Gasteiger partial charge in [0.2, 0.25) is 5.91 Å². The van der Waals surface area contributed by atoms with E-state index in [0.717, 1.165) is 36.5 Å². The Morgan fingerprint density at radius 3 is 2.59 bits per heavy atom. The molecule has 1 unspecified atom stereocenters. The van der Waals surface area contributed by atoms with Crippen molar-refractivity contribution in [1.82, 2.24) is 20.2 Å². The van der Waals surface area contributed by atoms with E-state index in [2.05, 4.69) is 27.1 Å². The number of rotatable bonds is 6. The van der Waals surface area contributed by atoms with Crippen molar-refractivity contribution in [2.45, 2.75) is 51.5 Å². The quantitative estimate of drug-likeness (QED) is 0.743. The Morgan fingerprint density at radius 2 is 1.91 bits per heavy atom. The van der Waals surface area contributed by atoms with E-state index in [0.29, 0.717) is 44.2 Å². The van der Waals surface area contributed by atoms with Gasteiger partial charge in [0.15, 0.2) is 11.6 Å². The number of hydrogen-bond donors (Lipinski definition) is 1. The van der Waals surface area contributed by atoms with Crippen LogP contribution in [-0.4, -0.2) is 59.5 Å². The molecule has 1 aliphatic heterocycles. The van der Waals surface area contributed by atoms with Crippen LogP contribution in [0.15, 0.2) is 24.5 Å². The number of benzene rings is 1. The van der Waals surface area contributed by atoms with E-state index in [4.69, 9.17) is 0 Å². The Bertz CT molecular complexity index is 975. The van der Waals surface area contributed by atoms with E-state index in [1.165, 1.54) is 11.6 Å². The van der Waals surface area contributed by atoms with Gasteiger partial charge in [-0.1, -0.05) is 26.8 Å². The summed E-state index contributed by atoms with van der Waals surface area (Å²) < 4.78 is 27.3. The van der Waals surface area contributed by atoms with Gasteiger partial charge in [-0.3, -0.25) is 4.79 Å². The molecule has 1 aromatic carbocycles. The summed E-state index contributed by atoms with van der Waals surface area (Å²) in [6.07, 6.45) is 3.72.